The summed E-state index contributed by atoms with van der Waals surface area (Å²) in [7, 11) is 1.65. The first-order valence-electron chi connectivity index (χ1n) is 6.03. The summed E-state index contributed by atoms with van der Waals surface area (Å²) >= 11 is 2.18. The Hall–Kier alpha value is -1.37. The Kier molecular flexibility index (Phi) is 4.24. The largest absolute Gasteiger partial charge is 0.496 e. The molecule has 0 fully saturated rings. The molecule has 1 heterocycles. The average molecular weight is 369 g/mol. The Morgan fingerprint density at radius 1 is 1.32 bits per heavy atom. The van der Waals surface area contributed by atoms with Crippen LogP contribution in [0.2, 0.25) is 0 Å². The zero-order valence-electron chi connectivity index (χ0n) is 11.2. The second-order valence-corrected chi connectivity index (χ2v) is 5.33. The summed E-state index contributed by atoms with van der Waals surface area (Å²) in [6.45, 7) is 4.08. The summed E-state index contributed by atoms with van der Waals surface area (Å²) in [5.41, 5.74) is 8.92. The smallest absolute Gasteiger partial charge is 0.165 e. The monoisotopic (exact) mass is 369 g/mol. The van der Waals surface area contributed by atoms with Gasteiger partial charge in [-0.05, 0) is 53.6 Å². The van der Waals surface area contributed by atoms with Crippen molar-refractivity contribution in [1.82, 2.24) is 9.97 Å². The highest BCUT2D eigenvalue weighted by Gasteiger charge is 2.13. The lowest BCUT2D eigenvalue weighted by atomic mass is 10.1. The highest BCUT2D eigenvalue weighted by molar-refractivity contribution is 14.1. The molecule has 5 heteroatoms. The molecule has 0 aliphatic rings. The van der Waals surface area contributed by atoms with Crippen LogP contribution in [0.5, 0.6) is 5.75 Å². The van der Waals surface area contributed by atoms with Crippen LogP contribution in [-0.2, 0) is 6.42 Å². The fourth-order valence-corrected chi connectivity index (χ4v) is 2.47. The van der Waals surface area contributed by atoms with Gasteiger partial charge in [-0.25, -0.2) is 9.97 Å². The van der Waals surface area contributed by atoms with Gasteiger partial charge in [0.25, 0.3) is 0 Å². The summed E-state index contributed by atoms with van der Waals surface area (Å²) in [5, 5.41) is 0. The molecule has 0 saturated carbocycles. The quantitative estimate of drug-likeness (QED) is 0.845. The van der Waals surface area contributed by atoms with E-state index in [9.17, 15) is 0 Å². The lowest BCUT2D eigenvalue weighted by Crippen LogP contribution is -2.05. The van der Waals surface area contributed by atoms with Gasteiger partial charge in [-0.15, -0.1) is 0 Å². The van der Waals surface area contributed by atoms with Crippen LogP contribution in [0, 0.1) is 10.5 Å². The second kappa shape index (κ2) is 5.73. The molecule has 0 bridgehead atoms. The van der Waals surface area contributed by atoms with Crippen molar-refractivity contribution in [3.8, 4) is 17.1 Å². The highest BCUT2D eigenvalue weighted by Crippen LogP contribution is 2.30. The standard InChI is InChI=1S/C14H16IN3O/c1-4-10-12(15)13(16)18-14(17-10)9-6-5-8(2)7-11(9)19-3/h5-7H,4H2,1-3H3,(H2,16,17,18). The number of ether oxygens (including phenoxy) is 1. The fourth-order valence-electron chi connectivity index (χ4n) is 1.85. The predicted molar refractivity (Wildman–Crippen MR) is 85.3 cm³/mol. The molecule has 0 aliphatic heterocycles. The third-order valence-corrected chi connectivity index (χ3v) is 4.05. The summed E-state index contributed by atoms with van der Waals surface area (Å²) in [4.78, 5) is 8.95. The molecule has 2 rings (SSSR count). The van der Waals surface area contributed by atoms with Gasteiger partial charge < -0.3 is 10.5 Å². The lowest BCUT2D eigenvalue weighted by molar-refractivity contribution is 0.416. The minimum absolute atomic E-state index is 0.519. The maximum atomic E-state index is 5.96. The molecular formula is C14H16IN3O. The topological polar surface area (TPSA) is 61.0 Å². The van der Waals surface area contributed by atoms with Gasteiger partial charge in [0.2, 0.25) is 0 Å². The van der Waals surface area contributed by atoms with Crippen molar-refractivity contribution in [2.75, 3.05) is 12.8 Å². The number of rotatable bonds is 3. The zero-order chi connectivity index (χ0) is 14.0. The SMILES string of the molecule is CCc1nc(-c2ccc(C)cc2OC)nc(N)c1I. The molecule has 0 unspecified atom stereocenters. The number of nitrogen functional groups attached to an aromatic ring is 1. The van der Waals surface area contributed by atoms with Gasteiger partial charge in [-0.1, -0.05) is 13.0 Å². The molecule has 0 atom stereocenters. The number of nitrogens with two attached hydrogens (primary N) is 1. The average Bonchev–Trinajstić information content (AvgIpc) is 2.41. The molecule has 0 aliphatic carbocycles. The minimum atomic E-state index is 0.519. The number of aromatic nitrogens is 2. The first-order valence-corrected chi connectivity index (χ1v) is 7.11. The van der Waals surface area contributed by atoms with Gasteiger partial charge in [-0.3, -0.25) is 0 Å². The first kappa shape index (κ1) is 14.0. The molecule has 4 nitrogen and oxygen atoms in total. The van der Waals surface area contributed by atoms with Gasteiger partial charge in [0.15, 0.2) is 5.82 Å². The normalized spacial score (nSPS) is 10.5. The molecule has 0 radical (unpaired) electrons. The van der Waals surface area contributed by atoms with Gasteiger partial charge in [0.1, 0.15) is 11.6 Å². The Bertz CT molecular complexity index is 614. The van der Waals surface area contributed by atoms with E-state index in [4.69, 9.17) is 10.5 Å². The number of nitrogens with zero attached hydrogens (tertiary/aromatic N) is 2. The molecule has 0 saturated heterocycles. The van der Waals surface area contributed by atoms with Crippen LogP contribution in [0.4, 0.5) is 5.82 Å². The summed E-state index contributed by atoms with van der Waals surface area (Å²) < 4.78 is 6.33. The molecule has 1 aromatic heterocycles. The van der Waals surface area contributed by atoms with Crippen LogP contribution >= 0.6 is 22.6 Å². The van der Waals surface area contributed by atoms with Crippen LogP contribution in [0.15, 0.2) is 18.2 Å². The van der Waals surface area contributed by atoms with E-state index < -0.39 is 0 Å². The molecule has 0 amide bonds. The maximum absolute atomic E-state index is 5.96. The van der Waals surface area contributed by atoms with E-state index in [1.165, 1.54) is 0 Å². The van der Waals surface area contributed by atoms with E-state index >= 15 is 0 Å². The fraction of sp³-hybridized carbons (Fsp3) is 0.286. The number of methoxy groups -OCH3 is 1. The Morgan fingerprint density at radius 3 is 2.68 bits per heavy atom. The number of hydrogen-bond acceptors (Lipinski definition) is 4. The Morgan fingerprint density at radius 2 is 2.05 bits per heavy atom. The number of hydrogen-bond donors (Lipinski definition) is 1. The van der Waals surface area contributed by atoms with E-state index in [1.54, 1.807) is 7.11 Å². The van der Waals surface area contributed by atoms with Crippen molar-refractivity contribution < 1.29 is 4.74 Å². The molecule has 2 N–H and O–H groups in total. The highest BCUT2D eigenvalue weighted by atomic mass is 127. The van der Waals surface area contributed by atoms with Crippen LogP contribution in [0.25, 0.3) is 11.4 Å². The predicted octanol–water partition coefficient (Wildman–Crippen LogP) is 3.21. The van der Waals surface area contributed by atoms with Crippen LogP contribution in [-0.4, -0.2) is 17.1 Å². The van der Waals surface area contributed by atoms with Crippen molar-refractivity contribution in [3.63, 3.8) is 0 Å². The third-order valence-electron chi connectivity index (χ3n) is 2.88. The van der Waals surface area contributed by atoms with Crippen molar-refractivity contribution in [1.29, 1.82) is 0 Å². The van der Waals surface area contributed by atoms with Gasteiger partial charge in [0, 0.05) is 0 Å². The van der Waals surface area contributed by atoms with Gasteiger partial charge >= 0.3 is 0 Å². The molecular weight excluding hydrogens is 353 g/mol. The van der Waals surface area contributed by atoms with E-state index in [1.807, 2.05) is 25.1 Å². The van der Waals surface area contributed by atoms with E-state index in [0.29, 0.717) is 11.6 Å². The van der Waals surface area contributed by atoms with Crippen LogP contribution in [0.3, 0.4) is 0 Å². The number of halogens is 1. The lowest BCUT2D eigenvalue weighted by Gasteiger charge is -2.11. The zero-order valence-corrected chi connectivity index (χ0v) is 13.4. The Labute approximate surface area is 126 Å². The molecule has 19 heavy (non-hydrogen) atoms. The van der Waals surface area contributed by atoms with Crippen molar-refractivity contribution in [2.45, 2.75) is 20.3 Å². The van der Waals surface area contributed by atoms with Gasteiger partial charge in [0.05, 0.1) is 21.9 Å². The molecule has 0 spiro atoms. The maximum Gasteiger partial charge on any atom is 0.165 e. The first-order chi connectivity index (χ1) is 9.06. The number of anilines is 1. The molecule has 100 valence electrons. The second-order valence-electron chi connectivity index (χ2n) is 4.25. The molecule has 1 aromatic carbocycles. The summed E-state index contributed by atoms with van der Waals surface area (Å²) in [5.74, 6) is 1.90. The summed E-state index contributed by atoms with van der Waals surface area (Å²) in [6.07, 6.45) is 0.826. The number of aryl methyl sites for hydroxylation is 2. The number of benzene rings is 1. The van der Waals surface area contributed by atoms with E-state index in [0.717, 1.165) is 32.6 Å². The van der Waals surface area contributed by atoms with Crippen LogP contribution in [0.1, 0.15) is 18.2 Å². The van der Waals surface area contributed by atoms with Crippen molar-refractivity contribution in [2.24, 2.45) is 0 Å². The minimum Gasteiger partial charge on any atom is -0.496 e. The molecule has 2 aromatic rings. The van der Waals surface area contributed by atoms with Crippen molar-refractivity contribution in [3.05, 3.63) is 33.0 Å². The third kappa shape index (κ3) is 2.80. The van der Waals surface area contributed by atoms with Crippen molar-refractivity contribution >= 4 is 28.4 Å². The van der Waals surface area contributed by atoms with Gasteiger partial charge in [-0.2, -0.15) is 0 Å². The summed E-state index contributed by atoms with van der Waals surface area (Å²) in [6, 6.07) is 5.95. The van der Waals surface area contributed by atoms with E-state index in [-0.39, 0.29) is 0 Å². The van der Waals surface area contributed by atoms with Crippen LogP contribution < -0.4 is 10.5 Å². The Balaban J connectivity index is 2.62. The van der Waals surface area contributed by atoms with E-state index in [2.05, 4.69) is 39.5 Å².